The van der Waals surface area contributed by atoms with Gasteiger partial charge in [-0.1, -0.05) is 71.1 Å². The summed E-state index contributed by atoms with van der Waals surface area (Å²) in [5, 5.41) is 9.55. The predicted molar refractivity (Wildman–Crippen MR) is 105 cm³/mol. The second-order valence-corrected chi connectivity index (χ2v) is 8.44. The van der Waals surface area contributed by atoms with Gasteiger partial charge in [-0.3, -0.25) is 4.79 Å². The molecular formula is C22H39NO3. The number of fused-ring (bicyclic) bond motifs is 3. The number of carboxylic acids is 1. The van der Waals surface area contributed by atoms with Gasteiger partial charge < -0.3 is 10.0 Å². The Balaban J connectivity index is 1.55. The average Bonchev–Trinajstić information content (AvgIpc) is 2.66. The lowest BCUT2D eigenvalue weighted by atomic mass is 9.74. The normalized spacial score (nSPS) is 24.8. The van der Waals surface area contributed by atoms with E-state index in [1.807, 2.05) is 0 Å². The van der Waals surface area contributed by atoms with Crippen LogP contribution in [0.25, 0.3) is 0 Å². The largest absolute Gasteiger partial charge is 0.480 e. The Kier molecular flexibility index (Phi) is 9.49. The number of carboxylic acid groups (broad SMARTS) is 1. The molecule has 150 valence electrons. The van der Waals surface area contributed by atoms with Crippen LogP contribution >= 0.6 is 0 Å². The van der Waals surface area contributed by atoms with Gasteiger partial charge >= 0.3 is 5.97 Å². The van der Waals surface area contributed by atoms with Crippen molar-refractivity contribution >= 4 is 11.9 Å². The summed E-state index contributed by atoms with van der Waals surface area (Å²) in [4.78, 5) is 26.0. The predicted octanol–water partition coefficient (Wildman–Crippen LogP) is 5.54. The third-order valence-corrected chi connectivity index (χ3v) is 6.42. The number of piperidine rings is 2. The number of nitrogens with zero attached hydrogens (tertiary/aromatic N) is 1. The van der Waals surface area contributed by atoms with Gasteiger partial charge in [-0.2, -0.15) is 0 Å². The van der Waals surface area contributed by atoms with E-state index in [1.165, 1.54) is 57.8 Å². The fourth-order valence-corrected chi connectivity index (χ4v) is 4.90. The zero-order valence-corrected chi connectivity index (χ0v) is 16.8. The minimum absolute atomic E-state index is 0.0859. The molecule has 1 saturated carbocycles. The van der Waals surface area contributed by atoms with Crippen molar-refractivity contribution in [3.8, 4) is 0 Å². The van der Waals surface area contributed by atoms with Gasteiger partial charge in [0, 0.05) is 12.5 Å². The summed E-state index contributed by atoms with van der Waals surface area (Å²) in [6, 6.07) is -0.371. The number of aliphatic carboxylic acids is 1. The molecule has 2 aliphatic heterocycles. The molecule has 2 bridgehead atoms. The molecule has 3 aliphatic rings. The molecule has 1 atom stereocenters. The van der Waals surface area contributed by atoms with Crippen LogP contribution in [-0.4, -0.2) is 34.0 Å². The zero-order valence-electron chi connectivity index (χ0n) is 16.8. The molecule has 0 aromatic heterocycles. The molecule has 2 saturated heterocycles. The molecule has 0 unspecified atom stereocenters. The highest BCUT2D eigenvalue weighted by atomic mass is 16.4. The molecule has 4 nitrogen and oxygen atoms in total. The van der Waals surface area contributed by atoms with Crippen LogP contribution in [0, 0.1) is 5.92 Å². The first-order valence-electron chi connectivity index (χ1n) is 11.2. The van der Waals surface area contributed by atoms with E-state index in [2.05, 4.69) is 6.92 Å². The lowest BCUT2D eigenvalue weighted by Crippen LogP contribution is -2.60. The topological polar surface area (TPSA) is 57.6 Å². The maximum Gasteiger partial charge on any atom is 0.326 e. The van der Waals surface area contributed by atoms with E-state index in [9.17, 15) is 14.7 Å². The average molecular weight is 366 g/mol. The molecular weight excluding hydrogens is 326 g/mol. The standard InChI is InChI=1S/C22H39NO3/c1-2-3-4-5-6-7-8-9-10-11-12-13-20(24)23-19-16-14-18(15-17-19)21(23)22(25)26/h18-19,21H,2-17H2,1H3,(H,25,26)/t18?,19?,21-/m0/s1. The van der Waals surface area contributed by atoms with Crippen LogP contribution in [0.15, 0.2) is 0 Å². The summed E-state index contributed by atoms with van der Waals surface area (Å²) >= 11 is 0. The van der Waals surface area contributed by atoms with Gasteiger partial charge in [-0.05, 0) is 38.0 Å². The Labute approximate surface area is 159 Å². The van der Waals surface area contributed by atoms with Crippen molar-refractivity contribution in [2.24, 2.45) is 5.92 Å². The number of rotatable bonds is 13. The number of carbonyl (C=O) groups excluding carboxylic acids is 1. The first kappa shape index (κ1) is 21.2. The third-order valence-electron chi connectivity index (χ3n) is 6.42. The Morgan fingerprint density at radius 2 is 1.31 bits per heavy atom. The van der Waals surface area contributed by atoms with E-state index in [0.29, 0.717) is 6.42 Å². The van der Waals surface area contributed by atoms with Gasteiger partial charge in [0.25, 0.3) is 0 Å². The van der Waals surface area contributed by atoms with Crippen LogP contribution in [0.4, 0.5) is 0 Å². The van der Waals surface area contributed by atoms with Crippen LogP contribution < -0.4 is 0 Å². The summed E-state index contributed by atoms with van der Waals surface area (Å²) < 4.78 is 0. The summed E-state index contributed by atoms with van der Waals surface area (Å²) in [5.74, 6) is -0.534. The lowest BCUT2D eigenvalue weighted by molar-refractivity contribution is -0.163. The van der Waals surface area contributed by atoms with Crippen LogP contribution in [0.2, 0.25) is 0 Å². The SMILES string of the molecule is CCCCCCCCCCCCCC(=O)N1C2CCC(CC2)[C@H]1C(=O)O. The Morgan fingerprint density at radius 1 is 0.808 bits per heavy atom. The van der Waals surface area contributed by atoms with Gasteiger partial charge in [0.05, 0.1) is 0 Å². The fraction of sp³-hybridized carbons (Fsp3) is 0.909. The third kappa shape index (κ3) is 6.28. The van der Waals surface area contributed by atoms with Gasteiger partial charge in [0.2, 0.25) is 5.91 Å². The van der Waals surface area contributed by atoms with Crippen molar-refractivity contribution in [3.63, 3.8) is 0 Å². The molecule has 26 heavy (non-hydrogen) atoms. The summed E-state index contributed by atoms with van der Waals surface area (Å²) in [6.45, 7) is 2.25. The summed E-state index contributed by atoms with van der Waals surface area (Å²) in [5.41, 5.74) is 0. The molecule has 0 spiro atoms. The van der Waals surface area contributed by atoms with E-state index < -0.39 is 12.0 Å². The van der Waals surface area contributed by atoms with Crippen molar-refractivity contribution in [1.82, 2.24) is 4.90 Å². The van der Waals surface area contributed by atoms with Gasteiger partial charge in [-0.15, -0.1) is 0 Å². The molecule has 0 aromatic rings. The number of unbranched alkanes of at least 4 members (excludes halogenated alkanes) is 10. The van der Waals surface area contributed by atoms with Crippen molar-refractivity contribution in [1.29, 1.82) is 0 Å². The van der Waals surface area contributed by atoms with Crippen molar-refractivity contribution < 1.29 is 14.7 Å². The van der Waals surface area contributed by atoms with Crippen LogP contribution in [-0.2, 0) is 9.59 Å². The van der Waals surface area contributed by atoms with Crippen molar-refractivity contribution in [2.45, 2.75) is 122 Å². The molecule has 2 heterocycles. The van der Waals surface area contributed by atoms with E-state index in [0.717, 1.165) is 38.5 Å². The monoisotopic (exact) mass is 365 g/mol. The molecule has 3 fully saturated rings. The molecule has 0 aromatic carbocycles. The van der Waals surface area contributed by atoms with Crippen LogP contribution in [0.1, 0.15) is 110 Å². The molecule has 1 N–H and O–H groups in total. The smallest absolute Gasteiger partial charge is 0.326 e. The Bertz CT molecular complexity index is 429. The first-order valence-corrected chi connectivity index (χ1v) is 11.2. The molecule has 4 heteroatoms. The Hall–Kier alpha value is -1.06. The second-order valence-electron chi connectivity index (χ2n) is 8.44. The molecule has 3 rings (SSSR count). The van der Waals surface area contributed by atoms with Gasteiger partial charge in [0.1, 0.15) is 6.04 Å². The highest BCUT2D eigenvalue weighted by Gasteiger charge is 2.47. The minimum Gasteiger partial charge on any atom is -0.480 e. The number of hydrogen-bond acceptors (Lipinski definition) is 2. The van der Waals surface area contributed by atoms with Gasteiger partial charge in [0.15, 0.2) is 0 Å². The van der Waals surface area contributed by atoms with E-state index in [1.54, 1.807) is 4.90 Å². The van der Waals surface area contributed by atoms with Gasteiger partial charge in [-0.25, -0.2) is 4.79 Å². The highest BCUT2D eigenvalue weighted by Crippen LogP contribution is 2.40. The quantitative estimate of drug-likeness (QED) is 0.436. The first-order chi connectivity index (χ1) is 12.6. The molecule has 1 amide bonds. The number of amides is 1. The maximum atomic E-state index is 12.6. The number of carbonyl (C=O) groups is 2. The van der Waals surface area contributed by atoms with E-state index >= 15 is 0 Å². The maximum absolute atomic E-state index is 12.6. The molecule has 1 aliphatic carbocycles. The van der Waals surface area contributed by atoms with Crippen LogP contribution in [0.3, 0.4) is 0 Å². The summed E-state index contributed by atoms with van der Waals surface area (Å²) in [6.07, 6.45) is 18.4. The lowest BCUT2D eigenvalue weighted by Gasteiger charge is -2.49. The fourth-order valence-electron chi connectivity index (χ4n) is 4.90. The zero-order chi connectivity index (χ0) is 18.8. The minimum atomic E-state index is -0.799. The second kappa shape index (κ2) is 11.6. The Morgan fingerprint density at radius 3 is 1.81 bits per heavy atom. The number of hydrogen-bond donors (Lipinski definition) is 1. The van der Waals surface area contributed by atoms with Crippen molar-refractivity contribution in [3.05, 3.63) is 0 Å². The van der Waals surface area contributed by atoms with Crippen molar-refractivity contribution in [2.75, 3.05) is 0 Å². The van der Waals surface area contributed by atoms with E-state index in [4.69, 9.17) is 0 Å². The van der Waals surface area contributed by atoms with Crippen LogP contribution in [0.5, 0.6) is 0 Å². The highest BCUT2D eigenvalue weighted by molar-refractivity contribution is 5.84. The van der Waals surface area contributed by atoms with E-state index in [-0.39, 0.29) is 17.9 Å². The summed E-state index contributed by atoms with van der Waals surface area (Å²) in [7, 11) is 0. The molecule has 0 radical (unpaired) electrons.